The van der Waals surface area contributed by atoms with Gasteiger partial charge in [0.05, 0.1) is 29.7 Å². The lowest BCUT2D eigenvalue weighted by atomic mass is 10.2. The number of amides is 3. The molecule has 2 aliphatic rings. The molecule has 10 heteroatoms. The summed E-state index contributed by atoms with van der Waals surface area (Å²) in [7, 11) is 0. The Labute approximate surface area is 171 Å². The van der Waals surface area contributed by atoms with Crippen molar-refractivity contribution in [1.29, 1.82) is 0 Å². The molecule has 150 valence electrons. The third-order valence-electron chi connectivity index (χ3n) is 4.18. The normalized spacial score (nSPS) is 18.9. The molecular formula is C18H19ClN2O6S. The van der Waals surface area contributed by atoms with Crippen LogP contribution in [0, 0.1) is 0 Å². The van der Waals surface area contributed by atoms with Crippen molar-refractivity contribution < 1.29 is 29.0 Å². The highest BCUT2D eigenvalue weighted by molar-refractivity contribution is 8.18. The minimum atomic E-state index is -0.543. The smallest absolute Gasteiger partial charge is 0.294 e. The van der Waals surface area contributed by atoms with Crippen molar-refractivity contribution in [3.05, 3.63) is 27.6 Å². The summed E-state index contributed by atoms with van der Waals surface area (Å²) in [5, 5.41) is 9.47. The first-order valence-corrected chi connectivity index (χ1v) is 9.86. The lowest BCUT2D eigenvalue weighted by Crippen LogP contribution is -2.46. The molecule has 3 amide bonds. The van der Waals surface area contributed by atoms with Gasteiger partial charge in [0.2, 0.25) is 5.91 Å². The zero-order valence-electron chi connectivity index (χ0n) is 15.1. The molecule has 0 aromatic heterocycles. The number of thioether (sulfide) groups is 1. The molecule has 8 nitrogen and oxygen atoms in total. The van der Waals surface area contributed by atoms with E-state index in [4.69, 9.17) is 21.1 Å². The van der Waals surface area contributed by atoms with Gasteiger partial charge in [-0.3, -0.25) is 19.3 Å². The average molecular weight is 427 g/mol. The summed E-state index contributed by atoms with van der Waals surface area (Å²) < 4.78 is 10.5. The highest BCUT2D eigenvalue weighted by Gasteiger charge is 2.37. The van der Waals surface area contributed by atoms with Gasteiger partial charge in [-0.2, -0.15) is 0 Å². The van der Waals surface area contributed by atoms with Gasteiger partial charge >= 0.3 is 0 Å². The molecule has 2 heterocycles. The van der Waals surface area contributed by atoms with Crippen molar-refractivity contribution in [3.63, 3.8) is 0 Å². The molecule has 3 rings (SSSR count). The van der Waals surface area contributed by atoms with Gasteiger partial charge in [0, 0.05) is 13.1 Å². The third-order valence-corrected chi connectivity index (χ3v) is 5.37. The van der Waals surface area contributed by atoms with E-state index in [9.17, 15) is 19.5 Å². The van der Waals surface area contributed by atoms with Crippen LogP contribution in [0.5, 0.6) is 11.5 Å². The molecule has 2 saturated heterocycles. The minimum Gasteiger partial charge on any atom is -0.503 e. The molecule has 0 unspecified atom stereocenters. The summed E-state index contributed by atoms with van der Waals surface area (Å²) in [5.41, 5.74) is 0.497. The van der Waals surface area contributed by atoms with Crippen LogP contribution in [0.4, 0.5) is 4.79 Å². The number of carbonyl (C=O) groups excluding carboxylic acids is 3. The van der Waals surface area contributed by atoms with E-state index in [-0.39, 0.29) is 33.9 Å². The summed E-state index contributed by atoms with van der Waals surface area (Å²) in [6.07, 6.45) is 1.48. The second-order valence-corrected chi connectivity index (χ2v) is 7.44. The molecule has 0 saturated carbocycles. The highest BCUT2D eigenvalue weighted by atomic mass is 35.5. The van der Waals surface area contributed by atoms with Crippen molar-refractivity contribution in [2.45, 2.75) is 6.92 Å². The summed E-state index contributed by atoms with van der Waals surface area (Å²) in [4.78, 5) is 39.9. The quantitative estimate of drug-likeness (QED) is 0.722. The minimum absolute atomic E-state index is 0.0684. The van der Waals surface area contributed by atoms with Gasteiger partial charge in [0.25, 0.3) is 11.1 Å². The molecule has 0 bridgehead atoms. The third kappa shape index (κ3) is 4.43. The second-order valence-electron chi connectivity index (χ2n) is 6.04. The predicted octanol–water partition coefficient (Wildman–Crippen LogP) is 2.34. The van der Waals surface area contributed by atoms with E-state index in [2.05, 4.69) is 0 Å². The van der Waals surface area contributed by atoms with Crippen molar-refractivity contribution in [1.82, 2.24) is 9.80 Å². The van der Waals surface area contributed by atoms with Crippen LogP contribution in [0.15, 0.2) is 17.0 Å². The molecule has 2 fully saturated rings. The molecule has 0 atom stereocenters. The standard InChI is InChI=1S/C18H19ClN2O6S/c1-2-27-13-8-11(7-12(19)16(13)23)9-14-17(24)21(18(25)28-14)10-15(22)20-3-5-26-6-4-20/h7-9,23H,2-6,10H2,1H3/b14-9+. The molecule has 0 aliphatic carbocycles. The lowest BCUT2D eigenvalue weighted by Gasteiger charge is -2.28. The number of phenols is 1. The van der Waals surface area contributed by atoms with E-state index in [1.165, 1.54) is 18.2 Å². The predicted molar refractivity (Wildman–Crippen MR) is 104 cm³/mol. The van der Waals surface area contributed by atoms with Crippen molar-refractivity contribution >= 4 is 46.5 Å². The number of halogens is 1. The second kappa shape index (κ2) is 8.85. The van der Waals surface area contributed by atoms with Crippen LogP contribution in [0.25, 0.3) is 6.08 Å². The average Bonchev–Trinajstić information content (AvgIpc) is 2.94. The fraction of sp³-hybridized carbons (Fsp3) is 0.389. The Morgan fingerprint density at radius 2 is 2.07 bits per heavy atom. The Morgan fingerprint density at radius 1 is 1.36 bits per heavy atom. The Kier molecular flexibility index (Phi) is 6.48. The van der Waals surface area contributed by atoms with E-state index in [1.807, 2.05) is 0 Å². The maximum atomic E-state index is 12.6. The molecule has 1 N–H and O–H groups in total. The number of imide groups is 1. The molecule has 0 spiro atoms. The Hall–Kier alpha value is -2.23. The molecule has 2 aliphatic heterocycles. The van der Waals surface area contributed by atoms with Crippen LogP contribution >= 0.6 is 23.4 Å². The van der Waals surface area contributed by atoms with E-state index in [0.29, 0.717) is 38.5 Å². The van der Waals surface area contributed by atoms with Crippen molar-refractivity contribution in [3.8, 4) is 11.5 Å². The van der Waals surface area contributed by atoms with Gasteiger partial charge in [-0.25, -0.2) is 0 Å². The first-order chi connectivity index (χ1) is 13.4. The number of ether oxygens (including phenoxy) is 2. The van der Waals surface area contributed by atoms with Crippen LogP contribution < -0.4 is 4.74 Å². The lowest BCUT2D eigenvalue weighted by molar-refractivity contribution is -0.139. The number of rotatable bonds is 5. The number of hydrogen-bond donors (Lipinski definition) is 1. The molecule has 1 aromatic rings. The van der Waals surface area contributed by atoms with Crippen molar-refractivity contribution in [2.75, 3.05) is 39.5 Å². The Bertz CT molecular complexity index is 838. The largest absolute Gasteiger partial charge is 0.503 e. The summed E-state index contributed by atoms with van der Waals surface area (Å²) in [6, 6.07) is 2.99. The van der Waals surface area contributed by atoms with Crippen molar-refractivity contribution in [2.24, 2.45) is 0 Å². The summed E-state index contributed by atoms with van der Waals surface area (Å²) >= 11 is 6.75. The highest BCUT2D eigenvalue weighted by Crippen LogP contribution is 2.38. The van der Waals surface area contributed by atoms with Crippen LogP contribution in [-0.2, 0) is 14.3 Å². The molecule has 0 radical (unpaired) electrons. The maximum Gasteiger partial charge on any atom is 0.294 e. The Morgan fingerprint density at radius 3 is 2.75 bits per heavy atom. The van der Waals surface area contributed by atoms with Gasteiger partial charge in [-0.15, -0.1) is 0 Å². The number of aromatic hydroxyl groups is 1. The zero-order chi connectivity index (χ0) is 20.3. The summed E-state index contributed by atoms with van der Waals surface area (Å²) in [6.45, 7) is 3.55. The van der Waals surface area contributed by atoms with Gasteiger partial charge in [0.1, 0.15) is 6.54 Å². The van der Waals surface area contributed by atoms with Gasteiger partial charge in [-0.05, 0) is 42.5 Å². The monoisotopic (exact) mass is 426 g/mol. The number of hydrogen-bond acceptors (Lipinski definition) is 7. The fourth-order valence-electron chi connectivity index (χ4n) is 2.78. The van der Waals surface area contributed by atoms with Crippen LogP contribution in [0.3, 0.4) is 0 Å². The number of morpholine rings is 1. The topological polar surface area (TPSA) is 96.4 Å². The maximum absolute atomic E-state index is 12.6. The molecule has 28 heavy (non-hydrogen) atoms. The van der Waals surface area contributed by atoms with E-state index in [1.54, 1.807) is 11.8 Å². The van der Waals surface area contributed by atoms with Gasteiger partial charge < -0.3 is 19.5 Å². The van der Waals surface area contributed by atoms with E-state index < -0.39 is 11.1 Å². The van der Waals surface area contributed by atoms with Crippen LogP contribution in [0.2, 0.25) is 5.02 Å². The first-order valence-electron chi connectivity index (χ1n) is 8.67. The van der Waals surface area contributed by atoms with Gasteiger partial charge in [0.15, 0.2) is 11.5 Å². The van der Waals surface area contributed by atoms with E-state index in [0.717, 1.165) is 16.7 Å². The van der Waals surface area contributed by atoms with Gasteiger partial charge in [-0.1, -0.05) is 11.6 Å². The fourth-order valence-corrected chi connectivity index (χ4v) is 3.84. The van der Waals surface area contributed by atoms with Crippen LogP contribution in [-0.4, -0.2) is 71.4 Å². The number of nitrogens with zero attached hydrogens (tertiary/aromatic N) is 2. The van der Waals surface area contributed by atoms with Crippen LogP contribution in [0.1, 0.15) is 12.5 Å². The first kappa shape index (κ1) is 20.5. The number of carbonyl (C=O) groups is 3. The SMILES string of the molecule is CCOc1cc(/C=C2/SC(=O)N(CC(=O)N3CCOCC3)C2=O)cc(Cl)c1O. The molecular weight excluding hydrogens is 408 g/mol. The van der Waals surface area contributed by atoms with E-state index >= 15 is 0 Å². The summed E-state index contributed by atoms with van der Waals surface area (Å²) in [5.74, 6) is -0.843. The number of phenolic OH excluding ortho intramolecular Hbond substituents is 1. The molecule has 1 aromatic carbocycles. The Balaban J connectivity index is 1.76. The zero-order valence-corrected chi connectivity index (χ0v) is 16.7. The number of benzene rings is 1.